The van der Waals surface area contributed by atoms with Gasteiger partial charge >= 0.3 is 0 Å². The SMILES string of the molecule is O=C(c1cccn2cnnc12)N1C[C@@H]2C[C@H](C1)c1ccc(CN3CCCC3)c(=O)n1C2.O=CO. The lowest BCUT2D eigenvalue weighted by Crippen LogP contribution is -2.49. The fourth-order valence-corrected chi connectivity index (χ4v) is 5.65. The van der Waals surface area contributed by atoms with E-state index in [1.54, 1.807) is 10.7 Å². The van der Waals surface area contributed by atoms with Crippen LogP contribution in [0.1, 0.15) is 46.8 Å². The number of hydrogen-bond acceptors (Lipinski definition) is 6. The van der Waals surface area contributed by atoms with Crippen LogP contribution in [0, 0.1) is 5.92 Å². The standard InChI is InChI=1S/C23H26N6O2.CH2O2/c30-22-17(13-26-7-1-2-8-26)5-6-20-18-10-16(12-29(20)22)11-28(14-18)23(31)19-4-3-9-27-15-24-25-21(19)27;2-1-3/h3-6,9,15-16,18H,1-2,7-8,10-14H2;1H,(H,2,3)/t16-,18+;/m0./s1. The number of hydrogen-bond donors (Lipinski definition) is 1. The number of carbonyl (C=O) groups excluding carboxylic acids is 1. The van der Waals surface area contributed by atoms with Gasteiger partial charge in [-0.25, -0.2) is 0 Å². The van der Waals surface area contributed by atoms with Gasteiger partial charge in [-0.05, 0) is 56.5 Å². The molecule has 2 bridgehead atoms. The molecule has 0 aromatic carbocycles. The van der Waals surface area contributed by atoms with E-state index >= 15 is 0 Å². The summed E-state index contributed by atoms with van der Waals surface area (Å²) >= 11 is 0. The highest BCUT2D eigenvalue weighted by molar-refractivity contribution is 5.99. The molecule has 3 aromatic rings. The van der Waals surface area contributed by atoms with Crippen LogP contribution in [0.15, 0.2) is 41.6 Å². The van der Waals surface area contributed by atoms with E-state index in [0.717, 1.165) is 37.3 Å². The third kappa shape index (κ3) is 4.09. The first kappa shape index (κ1) is 22.3. The topological polar surface area (TPSA) is 113 Å². The summed E-state index contributed by atoms with van der Waals surface area (Å²) in [5.41, 5.74) is 3.30. The van der Waals surface area contributed by atoms with Crippen LogP contribution in [0.2, 0.25) is 0 Å². The molecule has 6 rings (SSSR count). The van der Waals surface area contributed by atoms with Crippen LogP contribution in [0.5, 0.6) is 0 Å². The number of carboxylic acid groups (broad SMARTS) is 1. The molecule has 0 saturated carbocycles. The molecule has 0 aliphatic carbocycles. The fourth-order valence-electron chi connectivity index (χ4n) is 5.65. The van der Waals surface area contributed by atoms with Crippen LogP contribution < -0.4 is 5.56 Å². The average molecular weight is 465 g/mol. The van der Waals surface area contributed by atoms with E-state index in [1.807, 2.05) is 33.9 Å². The van der Waals surface area contributed by atoms with E-state index in [4.69, 9.17) is 9.90 Å². The Morgan fingerprint density at radius 2 is 1.94 bits per heavy atom. The normalized spacial score (nSPS) is 21.6. The highest BCUT2D eigenvalue weighted by atomic mass is 16.3. The zero-order valence-electron chi connectivity index (χ0n) is 18.9. The van der Waals surface area contributed by atoms with Gasteiger partial charge in [0.25, 0.3) is 17.9 Å². The predicted molar refractivity (Wildman–Crippen MR) is 124 cm³/mol. The van der Waals surface area contributed by atoms with Gasteiger partial charge in [0.1, 0.15) is 6.33 Å². The molecule has 178 valence electrons. The molecule has 1 amide bonds. The molecule has 2 saturated heterocycles. The van der Waals surface area contributed by atoms with Crippen LogP contribution in [0.25, 0.3) is 5.65 Å². The Hall–Kier alpha value is -3.53. The average Bonchev–Trinajstić information content (AvgIpc) is 3.53. The molecule has 6 heterocycles. The van der Waals surface area contributed by atoms with Crippen LogP contribution >= 0.6 is 0 Å². The first-order valence-corrected chi connectivity index (χ1v) is 11.7. The molecule has 3 aliphatic heterocycles. The molecule has 2 fully saturated rings. The molecule has 0 radical (unpaired) electrons. The van der Waals surface area contributed by atoms with Crippen molar-refractivity contribution in [3.63, 3.8) is 0 Å². The number of likely N-dealkylation sites (tertiary alicyclic amines) is 2. The first-order chi connectivity index (χ1) is 16.6. The number of carbonyl (C=O) groups is 2. The lowest BCUT2D eigenvalue weighted by molar-refractivity contribution is -0.122. The van der Waals surface area contributed by atoms with E-state index in [9.17, 15) is 9.59 Å². The number of pyridine rings is 2. The van der Waals surface area contributed by atoms with Crippen molar-refractivity contribution in [1.29, 1.82) is 0 Å². The van der Waals surface area contributed by atoms with Gasteiger partial charge in [-0.1, -0.05) is 6.07 Å². The summed E-state index contributed by atoms with van der Waals surface area (Å²) in [6, 6.07) is 7.82. The summed E-state index contributed by atoms with van der Waals surface area (Å²) in [6.45, 7) is 4.67. The number of rotatable bonds is 3. The second kappa shape index (κ2) is 9.38. The molecule has 10 heteroatoms. The second-order valence-electron chi connectivity index (χ2n) is 9.28. The minimum atomic E-state index is -0.250. The van der Waals surface area contributed by atoms with Gasteiger partial charge in [0.2, 0.25) is 0 Å². The Kier molecular flexibility index (Phi) is 6.14. The molecule has 0 spiro atoms. The van der Waals surface area contributed by atoms with E-state index in [-0.39, 0.29) is 23.9 Å². The summed E-state index contributed by atoms with van der Waals surface area (Å²) < 4.78 is 3.76. The zero-order valence-corrected chi connectivity index (χ0v) is 18.9. The lowest BCUT2D eigenvalue weighted by Gasteiger charge is -2.43. The molecular weight excluding hydrogens is 436 g/mol. The zero-order chi connectivity index (χ0) is 23.7. The number of nitrogens with zero attached hydrogens (tertiary/aromatic N) is 6. The molecule has 1 N–H and O–H groups in total. The van der Waals surface area contributed by atoms with Crippen molar-refractivity contribution in [3.8, 4) is 0 Å². The number of aromatic nitrogens is 4. The van der Waals surface area contributed by atoms with Crippen LogP contribution in [0.3, 0.4) is 0 Å². The van der Waals surface area contributed by atoms with Gasteiger partial charge in [-0.15, -0.1) is 10.2 Å². The van der Waals surface area contributed by atoms with Crippen molar-refractivity contribution in [2.24, 2.45) is 5.92 Å². The smallest absolute Gasteiger partial charge is 0.290 e. The Labute approximate surface area is 196 Å². The summed E-state index contributed by atoms with van der Waals surface area (Å²) in [7, 11) is 0. The molecule has 10 nitrogen and oxygen atoms in total. The summed E-state index contributed by atoms with van der Waals surface area (Å²) in [4.78, 5) is 39.2. The Bertz CT molecular complexity index is 1260. The van der Waals surface area contributed by atoms with Crippen molar-refractivity contribution < 1.29 is 14.7 Å². The van der Waals surface area contributed by atoms with E-state index in [2.05, 4.69) is 21.2 Å². The van der Waals surface area contributed by atoms with Crippen LogP contribution in [-0.2, 0) is 17.9 Å². The van der Waals surface area contributed by atoms with Gasteiger partial charge in [0.05, 0.1) is 5.56 Å². The maximum absolute atomic E-state index is 13.3. The van der Waals surface area contributed by atoms with Crippen LogP contribution in [-0.4, -0.2) is 72.6 Å². The molecular formula is C24H28N6O4. The van der Waals surface area contributed by atoms with E-state index in [1.165, 1.54) is 12.8 Å². The predicted octanol–water partition coefficient (Wildman–Crippen LogP) is 1.45. The van der Waals surface area contributed by atoms with Gasteiger partial charge < -0.3 is 14.6 Å². The van der Waals surface area contributed by atoms with Crippen molar-refractivity contribution in [1.82, 2.24) is 29.0 Å². The second-order valence-corrected chi connectivity index (χ2v) is 9.28. The number of fused-ring (bicyclic) bond motifs is 5. The Morgan fingerprint density at radius 1 is 1.15 bits per heavy atom. The van der Waals surface area contributed by atoms with Gasteiger partial charge in [-0.2, -0.15) is 0 Å². The maximum Gasteiger partial charge on any atom is 0.290 e. The summed E-state index contributed by atoms with van der Waals surface area (Å²) in [5.74, 6) is 0.491. The largest absolute Gasteiger partial charge is 0.483 e. The van der Waals surface area contributed by atoms with Crippen molar-refractivity contribution in [2.75, 3.05) is 26.2 Å². The molecule has 0 unspecified atom stereocenters. The highest BCUT2D eigenvalue weighted by Crippen LogP contribution is 2.36. The summed E-state index contributed by atoms with van der Waals surface area (Å²) in [5, 5.41) is 14.9. The highest BCUT2D eigenvalue weighted by Gasteiger charge is 2.37. The molecule has 3 aromatic heterocycles. The molecule has 34 heavy (non-hydrogen) atoms. The molecule has 3 aliphatic rings. The number of piperidine rings is 1. The van der Waals surface area contributed by atoms with Crippen molar-refractivity contribution >= 4 is 18.0 Å². The summed E-state index contributed by atoms with van der Waals surface area (Å²) in [6.07, 6.45) is 6.94. The lowest BCUT2D eigenvalue weighted by atomic mass is 9.82. The fraction of sp³-hybridized carbons (Fsp3) is 0.458. The third-order valence-electron chi connectivity index (χ3n) is 7.12. The van der Waals surface area contributed by atoms with Crippen LogP contribution in [0.4, 0.5) is 0 Å². The van der Waals surface area contributed by atoms with Crippen molar-refractivity contribution in [2.45, 2.75) is 38.3 Å². The van der Waals surface area contributed by atoms with E-state index in [0.29, 0.717) is 36.8 Å². The molecule has 2 atom stereocenters. The monoisotopic (exact) mass is 464 g/mol. The van der Waals surface area contributed by atoms with Gasteiger partial charge in [0.15, 0.2) is 5.65 Å². The maximum atomic E-state index is 13.3. The first-order valence-electron chi connectivity index (χ1n) is 11.7. The van der Waals surface area contributed by atoms with Gasteiger partial charge in [0, 0.05) is 49.6 Å². The van der Waals surface area contributed by atoms with E-state index < -0.39 is 0 Å². The quantitative estimate of drug-likeness (QED) is 0.584. The Morgan fingerprint density at radius 3 is 2.74 bits per heavy atom. The minimum Gasteiger partial charge on any atom is -0.483 e. The van der Waals surface area contributed by atoms with Gasteiger partial charge in [-0.3, -0.25) is 23.7 Å². The third-order valence-corrected chi connectivity index (χ3v) is 7.12. The minimum absolute atomic E-state index is 0.00486. The number of amides is 1. The van der Waals surface area contributed by atoms with Crippen molar-refractivity contribution in [3.05, 3.63) is 64.0 Å². The Balaban J connectivity index is 0.000000764.